The molecule has 3 aliphatic carbocycles. The van der Waals surface area contributed by atoms with Gasteiger partial charge in [-0.05, 0) is 69.1 Å². The first-order chi connectivity index (χ1) is 23.8. The Kier molecular flexibility index (Phi) is 6.54. The van der Waals surface area contributed by atoms with Gasteiger partial charge in [0.15, 0.2) is 23.3 Å². The zero-order valence-electron chi connectivity index (χ0n) is 26.8. The second-order valence-corrected chi connectivity index (χ2v) is 13.6. The Labute approximate surface area is 280 Å². The van der Waals surface area contributed by atoms with Crippen molar-refractivity contribution in [2.24, 2.45) is 17.3 Å². The Morgan fingerprint density at radius 3 is 2.08 bits per heavy atom. The summed E-state index contributed by atoms with van der Waals surface area (Å²) in [6, 6.07) is 19.3. The summed E-state index contributed by atoms with van der Waals surface area (Å²) < 4.78 is 71.8. The highest BCUT2D eigenvalue weighted by Crippen LogP contribution is 2.54. The van der Waals surface area contributed by atoms with E-state index in [0.717, 1.165) is 32.9 Å². The predicted molar refractivity (Wildman–Crippen MR) is 191 cm³/mol. The summed E-state index contributed by atoms with van der Waals surface area (Å²) in [7, 11) is 0. The first kappa shape index (κ1) is 29.7. The molecule has 1 nitrogen and oxygen atoms in total. The van der Waals surface area contributed by atoms with Crippen molar-refractivity contribution in [3.8, 4) is 22.3 Å². The number of furan rings is 1. The van der Waals surface area contributed by atoms with Crippen LogP contribution in [0.25, 0.3) is 66.6 Å². The lowest BCUT2D eigenvalue weighted by molar-refractivity contribution is 0.463. The molecule has 5 aromatic carbocycles. The highest BCUT2D eigenvalue weighted by atomic mass is 19.2. The van der Waals surface area contributed by atoms with E-state index in [1.165, 1.54) is 12.1 Å². The highest BCUT2D eigenvalue weighted by molar-refractivity contribution is 6.09. The lowest BCUT2D eigenvalue weighted by atomic mass is 9.63. The summed E-state index contributed by atoms with van der Waals surface area (Å²) in [5.74, 6) is -5.49. The van der Waals surface area contributed by atoms with Crippen molar-refractivity contribution < 1.29 is 22.0 Å². The second-order valence-electron chi connectivity index (χ2n) is 13.6. The molecule has 0 amide bonds. The van der Waals surface area contributed by atoms with E-state index in [-0.39, 0.29) is 28.4 Å². The van der Waals surface area contributed by atoms with Gasteiger partial charge in [-0.1, -0.05) is 117 Å². The Morgan fingerprint density at radius 2 is 1.31 bits per heavy atom. The third-order valence-corrected chi connectivity index (χ3v) is 10.7. The van der Waals surface area contributed by atoms with Crippen molar-refractivity contribution in [1.29, 1.82) is 0 Å². The van der Waals surface area contributed by atoms with Crippen molar-refractivity contribution in [2.45, 2.75) is 20.3 Å². The molecule has 0 saturated heterocycles. The molecule has 0 aliphatic heterocycles. The summed E-state index contributed by atoms with van der Waals surface area (Å²) in [5, 5.41) is 2.87. The quantitative estimate of drug-likeness (QED) is 0.137. The van der Waals surface area contributed by atoms with Crippen LogP contribution in [0.3, 0.4) is 0 Å². The molecule has 9 rings (SSSR count). The van der Waals surface area contributed by atoms with Crippen molar-refractivity contribution in [1.82, 2.24) is 0 Å². The molecule has 0 spiro atoms. The van der Waals surface area contributed by atoms with E-state index in [4.69, 9.17) is 4.42 Å². The molecule has 240 valence electrons. The van der Waals surface area contributed by atoms with Gasteiger partial charge < -0.3 is 4.42 Å². The second kappa shape index (κ2) is 10.8. The summed E-state index contributed by atoms with van der Waals surface area (Å²) in [5.41, 5.74) is 2.85. The van der Waals surface area contributed by atoms with Gasteiger partial charge >= 0.3 is 0 Å². The van der Waals surface area contributed by atoms with E-state index < -0.39 is 34.4 Å². The molecule has 0 N–H and O–H groups in total. The van der Waals surface area contributed by atoms with Gasteiger partial charge in [-0.3, -0.25) is 0 Å². The molecule has 3 atom stereocenters. The van der Waals surface area contributed by atoms with E-state index in [0.29, 0.717) is 28.5 Å². The van der Waals surface area contributed by atoms with Gasteiger partial charge in [0.2, 0.25) is 0 Å². The van der Waals surface area contributed by atoms with E-state index in [1.807, 2.05) is 48.6 Å². The average Bonchev–Trinajstić information content (AvgIpc) is 3.48. The number of benzene rings is 5. The molecule has 3 unspecified atom stereocenters. The average molecular weight is 651 g/mol. The molecule has 6 aromatic rings. The van der Waals surface area contributed by atoms with Crippen molar-refractivity contribution in [3.63, 3.8) is 0 Å². The zero-order chi connectivity index (χ0) is 33.6. The van der Waals surface area contributed by atoms with Crippen LogP contribution in [0, 0.1) is 40.5 Å². The minimum atomic E-state index is -1.45. The number of halogens is 4. The van der Waals surface area contributed by atoms with Gasteiger partial charge in [-0.25, -0.2) is 17.6 Å². The van der Waals surface area contributed by atoms with Crippen LogP contribution in [-0.2, 0) is 6.42 Å². The summed E-state index contributed by atoms with van der Waals surface area (Å²) in [4.78, 5) is 0. The maximum atomic E-state index is 16.6. The molecule has 0 fully saturated rings. The van der Waals surface area contributed by atoms with Crippen molar-refractivity contribution >= 4 is 44.4 Å². The van der Waals surface area contributed by atoms with Crippen molar-refractivity contribution in [3.05, 3.63) is 155 Å². The fourth-order valence-electron chi connectivity index (χ4n) is 8.21. The summed E-state index contributed by atoms with van der Waals surface area (Å²) >= 11 is 0. The Hall–Kier alpha value is -5.42. The molecule has 49 heavy (non-hydrogen) atoms. The molecule has 1 heterocycles. The molecular formula is C44H30F4O. The van der Waals surface area contributed by atoms with Crippen molar-refractivity contribution in [2.75, 3.05) is 0 Å². The van der Waals surface area contributed by atoms with E-state index in [9.17, 15) is 0 Å². The molecule has 3 aliphatic rings. The Bertz CT molecular complexity index is 2530. The molecule has 1 aromatic heterocycles. The highest BCUT2D eigenvalue weighted by Gasteiger charge is 2.39. The van der Waals surface area contributed by atoms with E-state index in [1.54, 1.807) is 24.3 Å². The van der Waals surface area contributed by atoms with Gasteiger partial charge in [-0.2, -0.15) is 0 Å². The van der Waals surface area contributed by atoms with Crippen LogP contribution in [0.5, 0.6) is 0 Å². The third kappa shape index (κ3) is 4.24. The van der Waals surface area contributed by atoms with Gasteiger partial charge in [-0.15, -0.1) is 0 Å². The first-order valence-corrected chi connectivity index (χ1v) is 16.6. The van der Waals surface area contributed by atoms with Crippen LogP contribution in [-0.4, -0.2) is 0 Å². The third-order valence-electron chi connectivity index (χ3n) is 10.7. The lowest BCUT2D eigenvalue weighted by Crippen LogP contribution is -2.28. The van der Waals surface area contributed by atoms with Gasteiger partial charge in [0, 0.05) is 27.7 Å². The number of para-hydroxylation sites is 1. The minimum Gasteiger partial charge on any atom is -0.456 e. The molecule has 0 radical (unpaired) electrons. The van der Waals surface area contributed by atoms with Crippen LogP contribution in [0.1, 0.15) is 30.5 Å². The zero-order valence-corrected chi connectivity index (χ0v) is 26.8. The number of hydrogen-bond donors (Lipinski definition) is 0. The number of fused-ring (bicyclic) bond motifs is 6. The molecule has 5 heteroatoms. The first-order valence-electron chi connectivity index (χ1n) is 16.6. The lowest BCUT2D eigenvalue weighted by Gasteiger charge is -2.40. The topological polar surface area (TPSA) is 13.1 Å². The molecule has 0 saturated carbocycles. The summed E-state index contributed by atoms with van der Waals surface area (Å²) in [6.07, 6.45) is 19.3. The molecular weight excluding hydrogens is 620 g/mol. The van der Waals surface area contributed by atoms with E-state index in [2.05, 4.69) is 50.3 Å². The van der Waals surface area contributed by atoms with Crippen LogP contribution in [0.4, 0.5) is 17.6 Å². The SMILES string of the molecule is CC1C=Cc2c(c(C3=CC=CC4C=CC=CC34C)c3ccccc3c2-c2c(F)c(F)c(-c3ccc4c(c3)oc3ccccc34)c(F)c2F)C1. The number of rotatable bonds is 3. The van der Waals surface area contributed by atoms with Crippen LogP contribution in [0.2, 0.25) is 0 Å². The standard InChI is InChI=1S/C44H30F4O/c1-24-17-19-31-32(22-24)37(33-15-9-11-26-10-7-8-21-44(26,33)2)29-13-3-4-14-30(29)38(31)39-42(47)40(45)36(41(46)43(39)48)25-18-20-28-27-12-5-6-16-34(27)49-35(28)23-25/h3-21,23-24,26H,22H2,1-2H3. The smallest absolute Gasteiger partial charge is 0.170 e. The van der Waals surface area contributed by atoms with Crippen LogP contribution >= 0.6 is 0 Å². The van der Waals surface area contributed by atoms with Gasteiger partial charge in [0.05, 0.1) is 11.1 Å². The fraction of sp³-hybridized carbons (Fsp3) is 0.136. The fourth-order valence-corrected chi connectivity index (χ4v) is 8.21. The normalized spacial score (nSPS) is 21.1. The molecule has 0 bridgehead atoms. The predicted octanol–water partition coefficient (Wildman–Crippen LogP) is 12.5. The van der Waals surface area contributed by atoms with E-state index >= 15 is 17.6 Å². The van der Waals surface area contributed by atoms with Crippen LogP contribution < -0.4 is 0 Å². The van der Waals surface area contributed by atoms with Gasteiger partial charge in [0.1, 0.15) is 11.2 Å². The number of allylic oxidation sites excluding steroid dienone is 9. The summed E-state index contributed by atoms with van der Waals surface area (Å²) in [6.45, 7) is 4.30. The largest absolute Gasteiger partial charge is 0.456 e. The Balaban J connectivity index is 1.31. The Morgan fingerprint density at radius 1 is 0.653 bits per heavy atom. The minimum absolute atomic E-state index is 0.0171. The number of hydrogen-bond acceptors (Lipinski definition) is 1. The van der Waals surface area contributed by atoms with Crippen LogP contribution in [0.15, 0.2) is 120 Å². The maximum Gasteiger partial charge on any atom is 0.170 e. The maximum absolute atomic E-state index is 16.6. The van der Waals surface area contributed by atoms with Gasteiger partial charge in [0.25, 0.3) is 0 Å². The monoisotopic (exact) mass is 650 g/mol.